The van der Waals surface area contributed by atoms with Gasteiger partial charge in [0.25, 0.3) is 0 Å². The Bertz CT molecular complexity index is 263. The molecule has 1 radical (unpaired) electrons. The number of hydrogen-bond donors (Lipinski definition) is 1. The van der Waals surface area contributed by atoms with Gasteiger partial charge < -0.3 is 5.32 Å². The Hall–Kier alpha value is -0.500. The van der Waals surface area contributed by atoms with Crippen LogP contribution < -0.4 is 5.32 Å². The molecule has 12 heavy (non-hydrogen) atoms. The zero-order chi connectivity index (χ0) is 9.19. The Balaban J connectivity index is 2.77. The minimum absolute atomic E-state index is 0.0945. The number of hydrogen-bond acceptors (Lipinski definition) is 1. The third-order valence-corrected chi connectivity index (χ3v) is 1.77. The second-order valence-corrected chi connectivity index (χ2v) is 4.71. The molecule has 0 aliphatic heterocycles. The molecular weight excluding hydrogens is 214 g/mol. The van der Waals surface area contributed by atoms with E-state index in [9.17, 15) is 0 Å². The molecule has 65 valence electrons. The summed E-state index contributed by atoms with van der Waals surface area (Å²) in [5.41, 5.74) is 1.12. The van der Waals surface area contributed by atoms with E-state index < -0.39 is 0 Å². The Morgan fingerprint density at radius 2 is 2.08 bits per heavy atom. The number of rotatable bonds is 1. The zero-order valence-electron chi connectivity index (χ0n) is 7.61. The maximum Gasteiger partial charge on any atom is 0.0435 e. The van der Waals surface area contributed by atoms with E-state index in [1.807, 2.05) is 18.2 Å². The van der Waals surface area contributed by atoms with Crippen molar-refractivity contribution in [1.29, 1.82) is 0 Å². The SMILES string of the molecule is CC(C)(C)Nc1[c]ccc(Br)c1. The lowest BCUT2D eigenvalue weighted by molar-refractivity contribution is 0.634. The molecule has 0 fully saturated rings. The average Bonchev–Trinajstić information content (AvgIpc) is 1.82. The molecule has 0 aromatic heterocycles. The highest BCUT2D eigenvalue weighted by molar-refractivity contribution is 9.10. The average molecular weight is 227 g/mol. The van der Waals surface area contributed by atoms with Crippen LogP contribution in [0.15, 0.2) is 22.7 Å². The normalized spacial score (nSPS) is 11.3. The van der Waals surface area contributed by atoms with Gasteiger partial charge in [-0.05, 0) is 32.9 Å². The summed E-state index contributed by atoms with van der Waals surface area (Å²) < 4.78 is 1.08. The first-order valence-corrected chi connectivity index (χ1v) is 4.72. The fourth-order valence-electron chi connectivity index (χ4n) is 0.915. The van der Waals surface area contributed by atoms with Gasteiger partial charge in [0, 0.05) is 21.8 Å². The summed E-state index contributed by atoms with van der Waals surface area (Å²) in [4.78, 5) is 0. The van der Waals surface area contributed by atoms with E-state index >= 15 is 0 Å². The highest BCUT2D eigenvalue weighted by Gasteiger charge is 2.08. The quantitative estimate of drug-likeness (QED) is 0.774. The highest BCUT2D eigenvalue weighted by atomic mass is 79.9. The summed E-state index contributed by atoms with van der Waals surface area (Å²) in [7, 11) is 0. The molecule has 2 heteroatoms. The Labute approximate surface area is 82.3 Å². The predicted molar refractivity (Wildman–Crippen MR) is 56.4 cm³/mol. The van der Waals surface area contributed by atoms with Crippen molar-refractivity contribution < 1.29 is 0 Å². The van der Waals surface area contributed by atoms with Crippen molar-refractivity contribution in [3.63, 3.8) is 0 Å². The summed E-state index contributed by atoms with van der Waals surface area (Å²) >= 11 is 3.41. The lowest BCUT2D eigenvalue weighted by Crippen LogP contribution is -2.25. The van der Waals surface area contributed by atoms with Crippen LogP contribution in [0.5, 0.6) is 0 Å². The van der Waals surface area contributed by atoms with Gasteiger partial charge in [0.15, 0.2) is 0 Å². The van der Waals surface area contributed by atoms with Gasteiger partial charge in [0.05, 0.1) is 0 Å². The molecule has 1 rings (SSSR count). The molecule has 0 spiro atoms. The molecule has 1 nitrogen and oxygen atoms in total. The standard InChI is InChI=1S/C10H13BrN/c1-10(2,3)12-9-6-4-5-8(11)7-9/h4-5,7,12H,1-3H3. The van der Waals surface area contributed by atoms with Gasteiger partial charge in [-0.2, -0.15) is 0 Å². The fourth-order valence-corrected chi connectivity index (χ4v) is 1.28. The smallest absolute Gasteiger partial charge is 0.0435 e. The number of anilines is 1. The summed E-state index contributed by atoms with van der Waals surface area (Å²) in [5.74, 6) is 0. The van der Waals surface area contributed by atoms with E-state index in [1.165, 1.54) is 0 Å². The van der Waals surface area contributed by atoms with Crippen molar-refractivity contribution in [2.24, 2.45) is 0 Å². The van der Waals surface area contributed by atoms with Crippen molar-refractivity contribution >= 4 is 21.6 Å². The maximum absolute atomic E-state index is 3.41. The van der Waals surface area contributed by atoms with Crippen LogP contribution in [0.2, 0.25) is 0 Å². The molecule has 0 aliphatic rings. The number of halogens is 1. The van der Waals surface area contributed by atoms with Gasteiger partial charge in [-0.3, -0.25) is 0 Å². The number of benzene rings is 1. The maximum atomic E-state index is 3.41. The van der Waals surface area contributed by atoms with Gasteiger partial charge in [-0.15, -0.1) is 0 Å². The number of nitrogens with one attached hydrogen (secondary N) is 1. The van der Waals surface area contributed by atoms with Gasteiger partial charge in [-0.25, -0.2) is 0 Å². The van der Waals surface area contributed by atoms with E-state index in [0.29, 0.717) is 0 Å². The molecule has 1 aromatic carbocycles. The van der Waals surface area contributed by atoms with E-state index in [0.717, 1.165) is 10.2 Å². The van der Waals surface area contributed by atoms with Gasteiger partial charge >= 0.3 is 0 Å². The van der Waals surface area contributed by atoms with Gasteiger partial charge in [0.1, 0.15) is 0 Å². The lowest BCUT2D eigenvalue weighted by Gasteiger charge is -2.21. The van der Waals surface area contributed by atoms with E-state index in [-0.39, 0.29) is 5.54 Å². The van der Waals surface area contributed by atoms with Crippen LogP contribution in [0, 0.1) is 6.07 Å². The molecule has 0 atom stereocenters. The van der Waals surface area contributed by atoms with Crippen molar-refractivity contribution in [3.05, 3.63) is 28.7 Å². The molecule has 1 aromatic rings. The largest absolute Gasteiger partial charge is 0.380 e. The Morgan fingerprint density at radius 1 is 1.42 bits per heavy atom. The summed E-state index contributed by atoms with van der Waals surface area (Å²) in [6, 6.07) is 9.01. The molecule has 0 unspecified atom stereocenters. The van der Waals surface area contributed by atoms with Gasteiger partial charge in [0.2, 0.25) is 0 Å². The Morgan fingerprint density at radius 3 is 2.58 bits per heavy atom. The first-order valence-electron chi connectivity index (χ1n) is 3.93. The summed E-state index contributed by atoms with van der Waals surface area (Å²) in [5, 5.41) is 3.34. The zero-order valence-corrected chi connectivity index (χ0v) is 9.20. The van der Waals surface area contributed by atoms with Crippen molar-refractivity contribution in [2.45, 2.75) is 26.3 Å². The summed E-state index contributed by atoms with van der Waals surface area (Å²) in [6.07, 6.45) is 0. The molecule has 0 bridgehead atoms. The van der Waals surface area contributed by atoms with Crippen LogP contribution in [0.1, 0.15) is 20.8 Å². The van der Waals surface area contributed by atoms with Crippen LogP contribution in [-0.4, -0.2) is 5.54 Å². The third-order valence-electron chi connectivity index (χ3n) is 1.27. The monoisotopic (exact) mass is 226 g/mol. The minimum Gasteiger partial charge on any atom is -0.380 e. The van der Waals surface area contributed by atoms with E-state index in [2.05, 4.69) is 48.1 Å². The fraction of sp³-hybridized carbons (Fsp3) is 0.400. The first kappa shape index (κ1) is 9.59. The second-order valence-electron chi connectivity index (χ2n) is 3.80. The van der Waals surface area contributed by atoms with Crippen LogP contribution >= 0.6 is 15.9 Å². The van der Waals surface area contributed by atoms with Gasteiger partial charge in [-0.1, -0.05) is 22.0 Å². The molecule has 0 saturated carbocycles. The predicted octanol–water partition coefficient (Wildman–Crippen LogP) is 3.46. The highest BCUT2D eigenvalue weighted by Crippen LogP contribution is 2.18. The second kappa shape index (κ2) is 3.48. The molecule has 1 N–H and O–H groups in total. The van der Waals surface area contributed by atoms with Crippen LogP contribution in [0.25, 0.3) is 0 Å². The molecule has 0 aliphatic carbocycles. The van der Waals surface area contributed by atoms with Crippen molar-refractivity contribution in [2.75, 3.05) is 5.32 Å². The first-order chi connectivity index (χ1) is 5.47. The van der Waals surface area contributed by atoms with Crippen LogP contribution in [0.4, 0.5) is 5.69 Å². The van der Waals surface area contributed by atoms with Crippen LogP contribution in [-0.2, 0) is 0 Å². The lowest BCUT2D eigenvalue weighted by atomic mass is 10.1. The van der Waals surface area contributed by atoms with Crippen molar-refractivity contribution in [1.82, 2.24) is 0 Å². The molecule has 0 amide bonds. The van der Waals surface area contributed by atoms with E-state index in [4.69, 9.17) is 0 Å². The molecule has 0 saturated heterocycles. The van der Waals surface area contributed by atoms with Crippen LogP contribution in [0.3, 0.4) is 0 Å². The third kappa shape index (κ3) is 3.26. The van der Waals surface area contributed by atoms with Crippen molar-refractivity contribution in [3.8, 4) is 0 Å². The Kier molecular flexibility index (Phi) is 2.78. The summed E-state index contributed by atoms with van der Waals surface area (Å²) in [6.45, 7) is 6.38. The minimum atomic E-state index is 0.0945. The van der Waals surface area contributed by atoms with E-state index in [1.54, 1.807) is 0 Å². The topological polar surface area (TPSA) is 12.0 Å². The molecular formula is C10H13BrN. The molecule has 0 heterocycles.